The Labute approximate surface area is 247 Å². The number of allylic oxidation sites excluding steroid dienone is 1. The van der Waals surface area contributed by atoms with E-state index >= 15 is 0 Å². The number of hydrogen-bond donors (Lipinski definition) is 0. The second-order valence-corrected chi connectivity index (χ2v) is 12.3. The fourth-order valence-electron chi connectivity index (χ4n) is 7.86. The van der Waals surface area contributed by atoms with Crippen LogP contribution < -0.4 is 0 Å². The Morgan fingerprint density at radius 1 is 0.711 bits per heavy atom. The van der Waals surface area contributed by atoms with Crippen LogP contribution in [0.2, 0.25) is 0 Å². The van der Waals surface area contributed by atoms with Gasteiger partial charge >= 0.3 is 22.4 Å². The van der Waals surface area contributed by atoms with E-state index in [1.807, 2.05) is 0 Å². The summed E-state index contributed by atoms with van der Waals surface area (Å²) in [4.78, 5) is 0. The molecule has 0 aromatic carbocycles. The molecule has 2 unspecified atom stereocenters. The van der Waals surface area contributed by atoms with Crippen LogP contribution in [0.4, 0.5) is 0 Å². The van der Waals surface area contributed by atoms with Crippen LogP contribution in [0.3, 0.4) is 0 Å². The van der Waals surface area contributed by atoms with Gasteiger partial charge in [0.2, 0.25) is 0 Å². The van der Waals surface area contributed by atoms with Crippen molar-refractivity contribution in [2.24, 2.45) is 17.8 Å². The van der Waals surface area contributed by atoms with Gasteiger partial charge in [0.25, 0.3) is 0 Å². The minimum Gasteiger partial charge on any atom is -0.621 e. The molecule has 5 fully saturated rings. The van der Waals surface area contributed by atoms with Crippen molar-refractivity contribution >= 4 is 0 Å². The molecule has 0 radical (unpaired) electrons. The van der Waals surface area contributed by atoms with E-state index in [1.165, 1.54) is 122 Å². The summed E-state index contributed by atoms with van der Waals surface area (Å²) in [7, 11) is 0. The molecule has 0 amide bonds. The van der Waals surface area contributed by atoms with E-state index in [9.17, 15) is 0 Å². The number of hydrogen-bond acceptors (Lipinski definition) is 4. The van der Waals surface area contributed by atoms with Gasteiger partial charge in [-0.1, -0.05) is 114 Å². The molecule has 0 aromatic rings. The molecule has 38 heavy (non-hydrogen) atoms. The van der Waals surface area contributed by atoms with Crippen LogP contribution in [0, 0.1) is 29.1 Å². The third-order valence-electron chi connectivity index (χ3n) is 9.84. The van der Waals surface area contributed by atoms with E-state index in [1.54, 1.807) is 6.07 Å². The molecule has 0 N–H and O–H groups in total. The molecular formula is C30H50AgN7-2. The van der Waals surface area contributed by atoms with Crippen LogP contribution in [-0.4, -0.2) is 53.0 Å². The Morgan fingerprint density at radius 2 is 1.16 bits per heavy atom. The molecule has 0 aromatic heterocycles. The Morgan fingerprint density at radius 3 is 1.63 bits per heavy atom. The summed E-state index contributed by atoms with van der Waals surface area (Å²) >= 11 is 0. The first-order valence-electron chi connectivity index (χ1n) is 15.7. The Bertz CT molecular complexity index is 728. The van der Waals surface area contributed by atoms with E-state index < -0.39 is 0 Å². The zero-order valence-electron chi connectivity index (χ0n) is 23.6. The summed E-state index contributed by atoms with van der Waals surface area (Å²) in [6.45, 7) is 4.49. The average Bonchev–Trinajstić information content (AvgIpc) is 3.73. The van der Waals surface area contributed by atoms with Gasteiger partial charge in [0.1, 0.15) is 0 Å². The van der Waals surface area contributed by atoms with Gasteiger partial charge in [-0.2, -0.15) is 11.0 Å². The molecule has 6 rings (SSSR count). The molecule has 3 aliphatic heterocycles. The first kappa shape index (κ1) is 30.5. The van der Waals surface area contributed by atoms with Crippen LogP contribution in [0.25, 0.3) is 16.3 Å². The molecule has 7 nitrogen and oxygen atoms in total. The maximum Gasteiger partial charge on any atom is 1.00 e. The van der Waals surface area contributed by atoms with Crippen molar-refractivity contribution in [1.82, 2.24) is 15.0 Å². The normalized spacial score (nSPS) is 31.5. The number of nitrogens with zero attached hydrogens (tertiary/aromatic N) is 7. The topological polar surface area (TPSA) is 75.8 Å². The van der Waals surface area contributed by atoms with Crippen molar-refractivity contribution in [3.8, 4) is 6.07 Å². The van der Waals surface area contributed by atoms with Gasteiger partial charge in [-0.05, 0) is 31.8 Å². The largest absolute Gasteiger partial charge is 1.00 e. The summed E-state index contributed by atoms with van der Waals surface area (Å²) in [5.41, 5.74) is 17.4. The Balaban J connectivity index is 0.000000804. The second-order valence-electron chi connectivity index (χ2n) is 12.3. The summed E-state index contributed by atoms with van der Waals surface area (Å²) < 4.78 is 0. The molecule has 0 spiro atoms. The molecule has 218 valence electrons. The summed E-state index contributed by atoms with van der Waals surface area (Å²) in [6.07, 6.45) is 25.7. The minimum atomic E-state index is 0. The van der Waals surface area contributed by atoms with Gasteiger partial charge in [0.05, 0.1) is 12.4 Å². The average molecular weight is 617 g/mol. The smallest absolute Gasteiger partial charge is 0.621 e. The van der Waals surface area contributed by atoms with Gasteiger partial charge < -0.3 is 31.3 Å². The monoisotopic (exact) mass is 615 g/mol. The summed E-state index contributed by atoms with van der Waals surface area (Å²) in [5, 5.41) is 14.5. The molecule has 2 atom stereocenters. The van der Waals surface area contributed by atoms with Gasteiger partial charge in [0, 0.05) is 13.5 Å². The van der Waals surface area contributed by atoms with Crippen molar-refractivity contribution in [3.05, 3.63) is 28.1 Å². The van der Waals surface area contributed by atoms with E-state index in [4.69, 9.17) is 21.5 Å². The minimum absolute atomic E-state index is 0. The summed E-state index contributed by atoms with van der Waals surface area (Å²) in [5.74, 6) is 2.28. The third-order valence-corrected chi connectivity index (χ3v) is 9.84. The third kappa shape index (κ3) is 7.64. The summed E-state index contributed by atoms with van der Waals surface area (Å²) in [6, 6.07) is 2.79. The zero-order valence-corrected chi connectivity index (χ0v) is 25.1. The van der Waals surface area contributed by atoms with Crippen molar-refractivity contribution in [1.29, 1.82) is 5.26 Å². The number of rotatable bonds is 6. The predicted molar refractivity (Wildman–Crippen MR) is 150 cm³/mol. The molecule has 3 saturated carbocycles. The van der Waals surface area contributed by atoms with Crippen LogP contribution in [0.15, 0.2) is 11.8 Å². The van der Waals surface area contributed by atoms with E-state index in [2.05, 4.69) is 21.1 Å². The molecule has 0 bridgehead atoms. The van der Waals surface area contributed by atoms with Gasteiger partial charge in [-0.3, -0.25) is 0 Å². The predicted octanol–water partition coefficient (Wildman–Crippen LogP) is 7.75. The van der Waals surface area contributed by atoms with E-state index in [0.717, 1.165) is 31.5 Å². The van der Waals surface area contributed by atoms with Gasteiger partial charge in [-0.15, -0.1) is 12.1 Å². The van der Waals surface area contributed by atoms with Gasteiger partial charge in [0.15, 0.2) is 0 Å². The Kier molecular flexibility index (Phi) is 12.5. The molecular weight excluding hydrogens is 566 g/mol. The first-order chi connectivity index (χ1) is 18.3. The van der Waals surface area contributed by atoms with E-state index in [-0.39, 0.29) is 28.7 Å². The Hall–Kier alpha value is -0.430. The van der Waals surface area contributed by atoms with Crippen molar-refractivity contribution in [3.63, 3.8) is 0 Å². The first-order valence-corrected chi connectivity index (χ1v) is 15.7. The number of nitriles is 1. The fraction of sp³-hybridized carbons (Fsp3) is 0.900. The van der Waals surface area contributed by atoms with Crippen molar-refractivity contribution < 1.29 is 22.4 Å². The zero-order chi connectivity index (χ0) is 25.5. The molecule has 2 saturated heterocycles. The maximum atomic E-state index is 7.32. The van der Waals surface area contributed by atoms with Gasteiger partial charge in [-0.25, -0.2) is 0 Å². The maximum absolute atomic E-state index is 7.32. The van der Waals surface area contributed by atoms with Crippen molar-refractivity contribution in [2.75, 3.05) is 19.6 Å². The quantitative estimate of drug-likeness (QED) is 0.286. The molecule has 6 aliphatic rings. The van der Waals surface area contributed by atoms with Crippen molar-refractivity contribution in [2.45, 2.75) is 134 Å². The van der Waals surface area contributed by atoms with E-state index in [0.29, 0.717) is 18.0 Å². The SMILES string of the molecule is C1=C(C2CCCCC2)[N-]N(C(N2CCC(C3CCCCC3)[N-]2)N2CCC(C3CCCCC3)[N-]2)C1.CC#N.[Ag+]. The molecule has 3 aliphatic carbocycles. The second kappa shape index (κ2) is 15.5. The molecule has 8 heteroatoms. The fourth-order valence-corrected chi connectivity index (χ4v) is 7.86. The molecule has 3 heterocycles. The van der Waals surface area contributed by atoms with Crippen LogP contribution in [0.1, 0.15) is 116 Å². The van der Waals surface area contributed by atoms with Crippen LogP contribution in [0.5, 0.6) is 0 Å². The van der Waals surface area contributed by atoms with Crippen LogP contribution in [-0.2, 0) is 22.4 Å². The standard InChI is InChI=1S/C28H47N6.C2H3N.Ag/c1-4-10-22(11-5-1)25-16-19-32(29-25)28(33-20-17-26(30-33)23-12-6-2-7-13-23)34-21-18-27(31-34)24-14-8-3-9-15-24;1-2-3;/h16,22-24,26-28H,1-15,17-21H2;1H3;/q-3;;+1. The van der Waals surface area contributed by atoms with Crippen LogP contribution >= 0.6 is 0 Å².